The third-order valence-electron chi connectivity index (χ3n) is 2.61. The number of anilines is 1. The number of aliphatic hydroxyl groups is 1. The van der Waals surface area contributed by atoms with Crippen LogP contribution in [0, 0.1) is 0 Å². The Bertz CT molecular complexity index is 588. The molecular weight excluding hydrogens is 332 g/mol. The van der Waals surface area contributed by atoms with Gasteiger partial charge in [0.05, 0.1) is 19.1 Å². The van der Waals surface area contributed by atoms with E-state index >= 15 is 0 Å². The Morgan fingerprint density at radius 1 is 1.32 bits per heavy atom. The van der Waals surface area contributed by atoms with Gasteiger partial charge in [-0.25, -0.2) is 4.98 Å². The van der Waals surface area contributed by atoms with Crippen LogP contribution in [0.15, 0.2) is 22.8 Å². The van der Waals surface area contributed by atoms with Gasteiger partial charge in [0.25, 0.3) is 0 Å². The van der Waals surface area contributed by atoms with Crippen LogP contribution in [-0.2, 0) is 0 Å². The predicted octanol–water partition coefficient (Wildman–Crippen LogP) is 2.59. The molecule has 0 saturated heterocycles. The summed E-state index contributed by atoms with van der Waals surface area (Å²) in [5.74, 6) is 1.14. The summed E-state index contributed by atoms with van der Waals surface area (Å²) in [6.45, 7) is 0. The van der Waals surface area contributed by atoms with Crippen LogP contribution in [0.1, 0.15) is 16.5 Å². The fraction of sp³-hybridized carbons (Fsp3) is 0.250. The SMILES string of the molecule is COc1cc(Br)c(C(O)c2cnc(N)s2)cc1OC. The van der Waals surface area contributed by atoms with E-state index in [-0.39, 0.29) is 0 Å². The zero-order valence-corrected chi connectivity index (χ0v) is 12.8. The first kappa shape index (κ1) is 14.1. The molecule has 5 nitrogen and oxygen atoms in total. The largest absolute Gasteiger partial charge is 0.493 e. The number of halogens is 1. The second kappa shape index (κ2) is 5.77. The van der Waals surface area contributed by atoms with Gasteiger partial charge in [0.15, 0.2) is 16.6 Å². The van der Waals surface area contributed by atoms with Gasteiger partial charge in [-0.15, -0.1) is 0 Å². The lowest BCUT2D eigenvalue weighted by Crippen LogP contribution is -2.00. The fourth-order valence-electron chi connectivity index (χ4n) is 1.66. The molecule has 0 amide bonds. The fourth-order valence-corrected chi connectivity index (χ4v) is 2.89. The standard InChI is InChI=1S/C12H13BrN2O3S/c1-17-8-3-6(7(13)4-9(8)18-2)11(16)10-5-15-12(14)19-10/h3-5,11,16H,1-2H3,(H2,14,15). The molecule has 2 aromatic rings. The summed E-state index contributed by atoms with van der Waals surface area (Å²) in [5, 5.41) is 10.8. The van der Waals surface area contributed by atoms with E-state index in [1.165, 1.54) is 11.3 Å². The van der Waals surface area contributed by atoms with Crippen LogP contribution in [0.25, 0.3) is 0 Å². The first-order chi connectivity index (χ1) is 9.06. The number of thiazole rings is 1. The van der Waals surface area contributed by atoms with E-state index in [2.05, 4.69) is 20.9 Å². The highest BCUT2D eigenvalue weighted by Gasteiger charge is 2.19. The topological polar surface area (TPSA) is 77.6 Å². The summed E-state index contributed by atoms with van der Waals surface area (Å²) >= 11 is 4.66. The Balaban J connectivity index is 2.44. The van der Waals surface area contributed by atoms with Crippen molar-refractivity contribution in [2.45, 2.75) is 6.10 Å². The van der Waals surface area contributed by atoms with Gasteiger partial charge in [0, 0.05) is 16.2 Å². The van der Waals surface area contributed by atoms with Crippen molar-refractivity contribution in [3.05, 3.63) is 33.2 Å². The van der Waals surface area contributed by atoms with E-state index in [1.807, 2.05) is 0 Å². The number of methoxy groups -OCH3 is 2. The van der Waals surface area contributed by atoms with E-state index in [0.717, 1.165) is 4.47 Å². The number of nitrogen functional groups attached to an aromatic ring is 1. The predicted molar refractivity (Wildman–Crippen MR) is 77.8 cm³/mol. The average Bonchev–Trinajstić information content (AvgIpc) is 2.84. The normalized spacial score (nSPS) is 12.2. The molecule has 0 aliphatic rings. The number of hydrogen-bond donors (Lipinski definition) is 2. The molecule has 0 fully saturated rings. The smallest absolute Gasteiger partial charge is 0.180 e. The monoisotopic (exact) mass is 344 g/mol. The van der Waals surface area contributed by atoms with Crippen LogP contribution in [0.4, 0.5) is 5.13 Å². The van der Waals surface area contributed by atoms with Gasteiger partial charge in [-0.05, 0) is 12.1 Å². The average molecular weight is 345 g/mol. The lowest BCUT2D eigenvalue weighted by molar-refractivity contribution is 0.222. The number of aliphatic hydroxyl groups excluding tert-OH is 1. The molecule has 0 aliphatic carbocycles. The Morgan fingerprint density at radius 2 is 1.95 bits per heavy atom. The Labute approximate surface area is 123 Å². The Morgan fingerprint density at radius 3 is 2.47 bits per heavy atom. The van der Waals surface area contributed by atoms with E-state index in [9.17, 15) is 5.11 Å². The van der Waals surface area contributed by atoms with Gasteiger partial charge in [0.2, 0.25) is 0 Å². The molecule has 7 heteroatoms. The number of aromatic nitrogens is 1. The second-order valence-corrected chi connectivity index (χ2v) is 5.68. The molecule has 19 heavy (non-hydrogen) atoms. The molecule has 0 bridgehead atoms. The number of ether oxygens (including phenoxy) is 2. The first-order valence-electron chi connectivity index (χ1n) is 5.37. The highest BCUT2D eigenvalue weighted by atomic mass is 79.9. The van der Waals surface area contributed by atoms with Gasteiger partial charge in [-0.3, -0.25) is 0 Å². The first-order valence-corrected chi connectivity index (χ1v) is 6.98. The molecule has 3 N–H and O–H groups in total. The Hall–Kier alpha value is -1.31. The van der Waals surface area contributed by atoms with Crippen molar-refractivity contribution in [3.63, 3.8) is 0 Å². The van der Waals surface area contributed by atoms with Crippen molar-refractivity contribution in [2.24, 2.45) is 0 Å². The van der Waals surface area contributed by atoms with Crippen molar-refractivity contribution in [1.82, 2.24) is 4.98 Å². The van der Waals surface area contributed by atoms with Crippen LogP contribution >= 0.6 is 27.3 Å². The highest BCUT2D eigenvalue weighted by Crippen LogP contribution is 2.39. The summed E-state index contributed by atoms with van der Waals surface area (Å²) in [6, 6.07) is 3.48. The van der Waals surface area contributed by atoms with E-state index < -0.39 is 6.10 Å². The molecule has 2 rings (SSSR count). The molecule has 0 spiro atoms. The lowest BCUT2D eigenvalue weighted by Gasteiger charge is -2.15. The van der Waals surface area contributed by atoms with E-state index in [4.69, 9.17) is 15.2 Å². The number of nitrogens with two attached hydrogens (primary N) is 1. The maximum absolute atomic E-state index is 10.4. The molecule has 0 aliphatic heterocycles. The lowest BCUT2D eigenvalue weighted by atomic mass is 10.1. The van der Waals surface area contributed by atoms with Crippen molar-refractivity contribution >= 4 is 32.4 Å². The summed E-state index contributed by atoms with van der Waals surface area (Å²) in [5.41, 5.74) is 6.24. The summed E-state index contributed by atoms with van der Waals surface area (Å²) in [4.78, 5) is 4.61. The summed E-state index contributed by atoms with van der Waals surface area (Å²) < 4.78 is 11.2. The minimum atomic E-state index is -0.816. The van der Waals surface area contributed by atoms with Crippen molar-refractivity contribution in [3.8, 4) is 11.5 Å². The molecule has 1 heterocycles. The molecule has 1 aromatic carbocycles. The molecule has 0 saturated carbocycles. The highest BCUT2D eigenvalue weighted by molar-refractivity contribution is 9.10. The molecular formula is C12H13BrN2O3S. The third kappa shape index (κ3) is 2.83. The van der Waals surface area contributed by atoms with Crippen LogP contribution in [-0.4, -0.2) is 24.3 Å². The molecule has 1 atom stereocenters. The summed E-state index contributed by atoms with van der Waals surface area (Å²) in [7, 11) is 3.11. The quantitative estimate of drug-likeness (QED) is 0.891. The molecule has 1 unspecified atom stereocenters. The number of nitrogens with zero attached hydrogens (tertiary/aromatic N) is 1. The number of benzene rings is 1. The minimum absolute atomic E-state index is 0.422. The van der Waals surface area contributed by atoms with Crippen LogP contribution < -0.4 is 15.2 Å². The van der Waals surface area contributed by atoms with E-state index in [1.54, 1.807) is 32.5 Å². The van der Waals surface area contributed by atoms with Crippen molar-refractivity contribution in [1.29, 1.82) is 0 Å². The molecule has 102 valence electrons. The maximum Gasteiger partial charge on any atom is 0.180 e. The van der Waals surface area contributed by atoms with Crippen LogP contribution in [0.2, 0.25) is 0 Å². The van der Waals surface area contributed by atoms with E-state index in [0.29, 0.717) is 27.1 Å². The maximum atomic E-state index is 10.4. The van der Waals surface area contributed by atoms with Gasteiger partial charge in [-0.1, -0.05) is 27.3 Å². The molecule has 1 aromatic heterocycles. The van der Waals surface area contributed by atoms with Crippen LogP contribution in [0.3, 0.4) is 0 Å². The van der Waals surface area contributed by atoms with Gasteiger partial charge >= 0.3 is 0 Å². The summed E-state index contributed by atoms with van der Waals surface area (Å²) in [6.07, 6.45) is 0.748. The zero-order chi connectivity index (χ0) is 14.0. The zero-order valence-electron chi connectivity index (χ0n) is 10.4. The van der Waals surface area contributed by atoms with Gasteiger partial charge in [0.1, 0.15) is 6.10 Å². The van der Waals surface area contributed by atoms with Crippen molar-refractivity contribution < 1.29 is 14.6 Å². The van der Waals surface area contributed by atoms with Gasteiger partial charge < -0.3 is 20.3 Å². The molecule has 0 radical (unpaired) electrons. The second-order valence-electron chi connectivity index (χ2n) is 3.73. The van der Waals surface area contributed by atoms with Crippen LogP contribution in [0.5, 0.6) is 11.5 Å². The minimum Gasteiger partial charge on any atom is -0.493 e. The number of hydrogen-bond acceptors (Lipinski definition) is 6. The number of rotatable bonds is 4. The van der Waals surface area contributed by atoms with Gasteiger partial charge in [-0.2, -0.15) is 0 Å². The Kier molecular flexibility index (Phi) is 4.28. The third-order valence-corrected chi connectivity index (χ3v) is 4.17. The van der Waals surface area contributed by atoms with Crippen molar-refractivity contribution in [2.75, 3.05) is 20.0 Å².